The molecule has 0 unspecified atom stereocenters. The van der Waals surface area contributed by atoms with Crippen LogP contribution in [0, 0.1) is 0 Å². The summed E-state index contributed by atoms with van der Waals surface area (Å²) in [6.07, 6.45) is 3.63. The summed E-state index contributed by atoms with van der Waals surface area (Å²) in [5, 5.41) is 4.94. The van der Waals surface area contributed by atoms with E-state index in [4.69, 9.17) is 0 Å². The van der Waals surface area contributed by atoms with E-state index in [1.54, 1.807) is 6.20 Å². The van der Waals surface area contributed by atoms with Crippen molar-refractivity contribution in [1.29, 1.82) is 0 Å². The van der Waals surface area contributed by atoms with Crippen LogP contribution in [0.4, 0.5) is 0 Å². The molecule has 0 aliphatic heterocycles. The highest BCUT2D eigenvalue weighted by atomic mass is 79.9. The van der Waals surface area contributed by atoms with Crippen molar-refractivity contribution >= 4 is 27.0 Å². The topological polar surface area (TPSA) is 30.7 Å². The van der Waals surface area contributed by atoms with E-state index in [0.29, 0.717) is 0 Å². The van der Waals surface area contributed by atoms with Gasteiger partial charge in [-0.05, 0) is 11.6 Å². The molecule has 0 amide bonds. The number of nitrogens with zero attached hydrogens (tertiary/aromatic N) is 3. The van der Waals surface area contributed by atoms with Crippen molar-refractivity contribution in [3.63, 3.8) is 0 Å². The van der Waals surface area contributed by atoms with Gasteiger partial charge in [-0.3, -0.25) is 9.67 Å². The molecule has 0 spiro atoms. The zero-order valence-corrected chi connectivity index (χ0v) is 8.24. The van der Waals surface area contributed by atoms with Gasteiger partial charge in [0.05, 0.1) is 11.7 Å². The second kappa shape index (κ2) is 2.86. The van der Waals surface area contributed by atoms with Crippen LogP contribution in [0.1, 0.15) is 5.56 Å². The first-order valence-corrected chi connectivity index (χ1v) is 4.76. The van der Waals surface area contributed by atoms with Gasteiger partial charge in [-0.2, -0.15) is 5.10 Å². The van der Waals surface area contributed by atoms with E-state index in [1.165, 1.54) is 5.56 Å². The Morgan fingerprint density at radius 3 is 3.08 bits per heavy atom. The Bertz CT molecular complexity index is 408. The molecule has 2 heterocycles. The number of hydrogen-bond acceptors (Lipinski definition) is 2. The van der Waals surface area contributed by atoms with Crippen molar-refractivity contribution in [2.75, 3.05) is 0 Å². The molecule has 0 saturated heterocycles. The fraction of sp³-hybridized carbons (Fsp3) is 0.250. The van der Waals surface area contributed by atoms with Crippen LogP contribution in [0.2, 0.25) is 0 Å². The number of aryl methyl sites for hydroxylation is 1. The lowest BCUT2D eigenvalue weighted by atomic mass is 10.3. The van der Waals surface area contributed by atoms with Gasteiger partial charge in [0.15, 0.2) is 0 Å². The molecule has 2 rings (SSSR count). The van der Waals surface area contributed by atoms with E-state index < -0.39 is 0 Å². The highest BCUT2D eigenvalue weighted by Crippen LogP contribution is 2.13. The van der Waals surface area contributed by atoms with Gasteiger partial charge in [-0.25, -0.2) is 0 Å². The highest BCUT2D eigenvalue weighted by molar-refractivity contribution is 9.08. The Hall–Kier alpha value is -0.900. The third kappa shape index (κ3) is 1.12. The van der Waals surface area contributed by atoms with Gasteiger partial charge in [0, 0.05) is 18.6 Å². The average molecular weight is 226 g/mol. The molecule has 0 fully saturated rings. The molecule has 62 valence electrons. The predicted molar refractivity (Wildman–Crippen MR) is 51.1 cm³/mol. The van der Waals surface area contributed by atoms with Crippen molar-refractivity contribution in [3.05, 3.63) is 24.0 Å². The summed E-state index contributed by atoms with van der Waals surface area (Å²) >= 11 is 3.39. The molecule has 0 N–H and O–H groups in total. The number of halogens is 1. The highest BCUT2D eigenvalue weighted by Gasteiger charge is 2.00. The van der Waals surface area contributed by atoms with Gasteiger partial charge >= 0.3 is 0 Å². The van der Waals surface area contributed by atoms with Crippen LogP contribution in [0.5, 0.6) is 0 Å². The quantitative estimate of drug-likeness (QED) is 0.695. The number of hydrogen-bond donors (Lipinski definition) is 0. The molecule has 0 bridgehead atoms. The van der Waals surface area contributed by atoms with Crippen molar-refractivity contribution in [1.82, 2.24) is 14.8 Å². The molecule has 2 aromatic rings. The SMILES string of the molecule is Cn1ncc2ncc(CBr)cc21. The zero-order chi connectivity index (χ0) is 8.55. The van der Waals surface area contributed by atoms with Crippen molar-refractivity contribution in [2.45, 2.75) is 5.33 Å². The predicted octanol–water partition coefficient (Wildman–Crippen LogP) is 1.86. The van der Waals surface area contributed by atoms with E-state index in [-0.39, 0.29) is 0 Å². The summed E-state index contributed by atoms with van der Waals surface area (Å²) in [4.78, 5) is 4.26. The summed E-state index contributed by atoms with van der Waals surface area (Å²) in [5.41, 5.74) is 3.19. The third-order valence-corrected chi connectivity index (χ3v) is 2.46. The van der Waals surface area contributed by atoms with Gasteiger partial charge in [0.2, 0.25) is 0 Å². The summed E-state index contributed by atoms with van der Waals surface area (Å²) < 4.78 is 1.83. The van der Waals surface area contributed by atoms with Gasteiger partial charge in [-0.15, -0.1) is 0 Å². The van der Waals surface area contributed by atoms with E-state index in [0.717, 1.165) is 16.4 Å². The minimum absolute atomic E-state index is 0.834. The van der Waals surface area contributed by atoms with Crippen LogP contribution in [0.15, 0.2) is 18.5 Å². The summed E-state index contributed by atoms with van der Waals surface area (Å²) in [5.74, 6) is 0. The zero-order valence-electron chi connectivity index (χ0n) is 6.66. The number of alkyl halides is 1. The first-order chi connectivity index (χ1) is 5.81. The van der Waals surface area contributed by atoms with Crippen LogP contribution in [-0.4, -0.2) is 14.8 Å². The van der Waals surface area contributed by atoms with Crippen LogP contribution in [-0.2, 0) is 12.4 Å². The monoisotopic (exact) mass is 225 g/mol. The Labute approximate surface area is 78.5 Å². The summed E-state index contributed by atoms with van der Waals surface area (Å²) in [6, 6.07) is 2.09. The normalized spacial score (nSPS) is 10.8. The summed E-state index contributed by atoms with van der Waals surface area (Å²) in [6.45, 7) is 0. The summed E-state index contributed by atoms with van der Waals surface area (Å²) in [7, 11) is 1.92. The molecular weight excluding hydrogens is 218 g/mol. The second-order valence-corrected chi connectivity index (χ2v) is 3.21. The van der Waals surface area contributed by atoms with Crippen LogP contribution in [0.25, 0.3) is 11.0 Å². The minimum Gasteiger partial charge on any atom is -0.266 e. The maximum absolute atomic E-state index is 4.26. The van der Waals surface area contributed by atoms with Gasteiger partial charge in [-0.1, -0.05) is 15.9 Å². The molecule has 0 radical (unpaired) electrons. The third-order valence-electron chi connectivity index (χ3n) is 1.81. The number of pyridine rings is 1. The molecule has 4 heteroatoms. The first-order valence-electron chi connectivity index (χ1n) is 3.64. The van der Waals surface area contributed by atoms with Crippen molar-refractivity contribution < 1.29 is 0 Å². The lowest BCUT2D eigenvalue weighted by Crippen LogP contribution is -1.90. The van der Waals surface area contributed by atoms with Crippen LogP contribution < -0.4 is 0 Å². The first kappa shape index (κ1) is 7.73. The molecule has 12 heavy (non-hydrogen) atoms. The molecule has 0 aliphatic carbocycles. The molecule has 0 saturated carbocycles. The minimum atomic E-state index is 0.834. The Morgan fingerprint density at radius 1 is 1.50 bits per heavy atom. The second-order valence-electron chi connectivity index (χ2n) is 2.65. The van der Waals surface area contributed by atoms with E-state index in [1.807, 2.05) is 17.9 Å². The van der Waals surface area contributed by atoms with E-state index in [9.17, 15) is 0 Å². The molecule has 3 nitrogen and oxygen atoms in total. The van der Waals surface area contributed by atoms with Gasteiger partial charge in [0.25, 0.3) is 0 Å². The van der Waals surface area contributed by atoms with Gasteiger partial charge < -0.3 is 0 Å². The largest absolute Gasteiger partial charge is 0.266 e. The average Bonchev–Trinajstić information content (AvgIpc) is 2.47. The molecule has 2 aromatic heterocycles. The maximum Gasteiger partial charge on any atom is 0.108 e. The molecular formula is C8H8BrN3. The van der Waals surface area contributed by atoms with E-state index >= 15 is 0 Å². The fourth-order valence-electron chi connectivity index (χ4n) is 1.14. The van der Waals surface area contributed by atoms with Crippen LogP contribution in [0.3, 0.4) is 0 Å². The lowest BCUT2D eigenvalue weighted by Gasteiger charge is -1.96. The van der Waals surface area contributed by atoms with Crippen LogP contribution >= 0.6 is 15.9 Å². The molecule has 0 aromatic carbocycles. The standard InChI is InChI=1S/C8H8BrN3/c1-12-8-2-6(3-9)4-10-7(8)5-11-12/h2,4-5H,3H2,1H3. The van der Waals surface area contributed by atoms with Gasteiger partial charge in [0.1, 0.15) is 5.52 Å². The Balaban J connectivity index is 2.71. The Kier molecular flexibility index (Phi) is 1.84. The van der Waals surface area contributed by atoms with Crippen molar-refractivity contribution in [2.24, 2.45) is 7.05 Å². The molecule has 0 aliphatic rings. The maximum atomic E-state index is 4.26. The lowest BCUT2D eigenvalue weighted by molar-refractivity contribution is 0.796. The van der Waals surface area contributed by atoms with E-state index in [2.05, 4.69) is 32.1 Å². The number of fused-ring (bicyclic) bond motifs is 1. The molecule has 0 atom stereocenters. The number of aromatic nitrogens is 3. The van der Waals surface area contributed by atoms with Crippen molar-refractivity contribution in [3.8, 4) is 0 Å². The smallest absolute Gasteiger partial charge is 0.108 e. The number of rotatable bonds is 1. The Morgan fingerprint density at radius 2 is 2.33 bits per heavy atom. The fourth-order valence-corrected chi connectivity index (χ4v) is 1.45.